The molecule has 0 amide bonds. The summed E-state index contributed by atoms with van der Waals surface area (Å²) >= 11 is 5.86. The zero-order valence-corrected chi connectivity index (χ0v) is 11.2. The highest BCUT2D eigenvalue weighted by molar-refractivity contribution is 6.30. The van der Waals surface area contributed by atoms with Crippen molar-refractivity contribution in [2.75, 3.05) is 0 Å². The van der Waals surface area contributed by atoms with Crippen LogP contribution in [-0.2, 0) is 0 Å². The molecule has 0 aliphatic carbocycles. The van der Waals surface area contributed by atoms with Crippen LogP contribution in [0.3, 0.4) is 0 Å². The lowest BCUT2D eigenvalue weighted by molar-refractivity contribution is 0.0939. The molecule has 2 rings (SSSR count). The summed E-state index contributed by atoms with van der Waals surface area (Å²) in [7, 11) is 0. The van der Waals surface area contributed by atoms with Crippen LogP contribution in [0.4, 0.5) is 0 Å². The van der Waals surface area contributed by atoms with Gasteiger partial charge < -0.3 is 0 Å². The Bertz CT molecular complexity index is 538. The molecule has 0 N–H and O–H groups in total. The first-order valence-electron chi connectivity index (χ1n) is 5.98. The number of benzene rings is 2. The molecule has 0 aliphatic heterocycles. The molecule has 1 nitrogen and oxygen atoms in total. The normalized spacial score (nSPS) is 10.7. The number of rotatable bonds is 3. The SMILES string of the molecule is CC(C)C(=O)c1ccc(-c2ccc(Cl)cc2)cc1. The number of Topliss-reactive ketones (excluding diaryl/α,β-unsaturated/α-hetero) is 1. The second-order valence-electron chi connectivity index (χ2n) is 4.60. The van der Waals surface area contributed by atoms with Crippen molar-refractivity contribution in [1.29, 1.82) is 0 Å². The van der Waals surface area contributed by atoms with Gasteiger partial charge in [-0.2, -0.15) is 0 Å². The maximum atomic E-state index is 11.8. The summed E-state index contributed by atoms with van der Waals surface area (Å²) in [5, 5.41) is 0.727. The molecule has 0 atom stereocenters. The van der Waals surface area contributed by atoms with E-state index in [1.807, 2.05) is 62.4 Å². The first-order chi connectivity index (χ1) is 8.58. The monoisotopic (exact) mass is 258 g/mol. The van der Waals surface area contributed by atoms with Crippen molar-refractivity contribution in [2.24, 2.45) is 5.92 Å². The van der Waals surface area contributed by atoms with Gasteiger partial charge in [0.25, 0.3) is 0 Å². The van der Waals surface area contributed by atoms with E-state index in [0.717, 1.165) is 21.7 Å². The molecule has 0 bridgehead atoms. The number of carbonyl (C=O) groups is 1. The Morgan fingerprint density at radius 1 is 0.889 bits per heavy atom. The van der Waals surface area contributed by atoms with E-state index in [2.05, 4.69) is 0 Å². The second-order valence-corrected chi connectivity index (χ2v) is 5.04. The first-order valence-corrected chi connectivity index (χ1v) is 6.36. The van der Waals surface area contributed by atoms with Gasteiger partial charge >= 0.3 is 0 Å². The van der Waals surface area contributed by atoms with Crippen molar-refractivity contribution in [3.8, 4) is 11.1 Å². The largest absolute Gasteiger partial charge is 0.294 e. The van der Waals surface area contributed by atoms with Gasteiger partial charge in [-0.3, -0.25) is 4.79 Å². The van der Waals surface area contributed by atoms with E-state index in [4.69, 9.17) is 11.6 Å². The molecule has 0 unspecified atom stereocenters. The number of halogens is 1. The summed E-state index contributed by atoms with van der Waals surface area (Å²) < 4.78 is 0. The quantitative estimate of drug-likeness (QED) is 0.720. The van der Waals surface area contributed by atoms with Gasteiger partial charge in [0.05, 0.1) is 0 Å². The Morgan fingerprint density at radius 2 is 1.33 bits per heavy atom. The summed E-state index contributed by atoms with van der Waals surface area (Å²) in [4.78, 5) is 11.8. The number of ketones is 1. The lowest BCUT2D eigenvalue weighted by atomic mass is 9.98. The third kappa shape index (κ3) is 2.80. The van der Waals surface area contributed by atoms with E-state index < -0.39 is 0 Å². The molecule has 18 heavy (non-hydrogen) atoms. The fourth-order valence-electron chi connectivity index (χ4n) is 1.80. The fourth-order valence-corrected chi connectivity index (χ4v) is 1.93. The van der Waals surface area contributed by atoms with E-state index in [0.29, 0.717) is 0 Å². The van der Waals surface area contributed by atoms with Gasteiger partial charge in [0.1, 0.15) is 0 Å². The van der Waals surface area contributed by atoms with Crippen molar-refractivity contribution in [2.45, 2.75) is 13.8 Å². The van der Waals surface area contributed by atoms with Crippen LogP contribution in [0.15, 0.2) is 48.5 Å². The Hall–Kier alpha value is -1.60. The minimum absolute atomic E-state index is 0.0337. The van der Waals surface area contributed by atoms with Gasteiger partial charge in [-0.25, -0.2) is 0 Å². The minimum atomic E-state index is 0.0337. The van der Waals surface area contributed by atoms with Crippen LogP contribution >= 0.6 is 11.6 Å². The summed E-state index contributed by atoms with van der Waals surface area (Å²) in [5.41, 5.74) is 2.96. The lowest BCUT2D eigenvalue weighted by Crippen LogP contribution is -2.06. The highest BCUT2D eigenvalue weighted by atomic mass is 35.5. The van der Waals surface area contributed by atoms with Crippen LogP contribution in [-0.4, -0.2) is 5.78 Å². The number of hydrogen-bond donors (Lipinski definition) is 0. The molecule has 0 saturated carbocycles. The topological polar surface area (TPSA) is 17.1 Å². The van der Waals surface area contributed by atoms with Gasteiger partial charge in [0.2, 0.25) is 0 Å². The molecule has 0 spiro atoms. The first kappa shape index (κ1) is 12.8. The Morgan fingerprint density at radius 3 is 1.78 bits per heavy atom. The van der Waals surface area contributed by atoms with Gasteiger partial charge in [-0.1, -0.05) is 61.8 Å². The minimum Gasteiger partial charge on any atom is -0.294 e. The lowest BCUT2D eigenvalue weighted by Gasteiger charge is -2.06. The zero-order valence-electron chi connectivity index (χ0n) is 10.5. The average Bonchev–Trinajstić information content (AvgIpc) is 2.39. The molecule has 2 aromatic rings. The van der Waals surface area contributed by atoms with Crippen LogP contribution in [0.5, 0.6) is 0 Å². The maximum absolute atomic E-state index is 11.8. The van der Waals surface area contributed by atoms with E-state index in [9.17, 15) is 4.79 Å². The molecule has 2 aromatic carbocycles. The fraction of sp³-hybridized carbons (Fsp3) is 0.188. The van der Waals surface area contributed by atoms with E-state index in [1.54, 1.807) is 0 Å². The van der Waals surface area contributed by atoms with Gasteiger partial charge in [-0.05, 0) is 23.3 Å². The van der Waals surface area contributed by atoms with Crippen LogP contribution in [0.2, 0.25) is 5.02 Å². The average molecular weight is 259 g/mol. The molecule has 2 heteroatoms. The van der Waals surface area contributed by atoms with E-state index in [1.165, 1.54) is 0 Å². The summed E-state index contributed by atoms with van der Waals surface area (Å²) in [6.07, 6.45) is 0. The number of hydrogen-bond acceptors (Lipinski definition) is 1. The van der Waals surface area contributed by atoms with E-state index in [-0.39, 0.29) is 11.7 Å². The van der Waals surface area contributed by atoms with E-state index >= 15 is 0 Å². The Labute approximate surface area is 112 Å². The molecule has 0 radical (unpaired) electrons. The van der Waals surface area contributed by atoms with Crippen LogP contribution < -0.4 is 0 Å². The maximum Gasteiger partial charge on any atom is 0.165 e. The standard InChI is InChI=1S/C16H15ClO/c1-11(2)16(18)14-5-3-12(4-6-14)13-7-9-15(17)10-8-13/h3-11H,1-2H3. The van der Waals surface area contributed by atoms with Gasteiger partial charge in [0.15, 0.2) is 5.78 Å². The van der Waals surface area contributed by atoms with Crippen LogP contribution in [0.25, 0.3) is 11.1 Å². The highest BCUT2D eigenvalue weighted by Gasteiger charge is 2.09. The molecule has 92 valence electrons. The van der Waals surface area contributed by atoms with Crippen molar-refractivity contribution in [1.82, 2.24) is 0 Å². The van der Waals surface area contributed by atoms with Crippen molar-refractivity contribution >= 4 is 17.4 Å². The Kier molecular flexibility index (Phi) is 3.83. The van der Waals surface area contributed by atoms with Gasteiger partial charge in [-0.15, -0.1) is 0 Å². The zero-order chi connectivity index (χ0) is 13.1. The van der Waals surface area contributed by atoms with Crippen molar-refractivity contribution < 1.29 is 4.79 Å². The van der Waals surface area contributed by atoms with Crippen molar-refractivity contribution in [3.05, 3.63) is 59.1 Å². The summed E-state index contributed by atoms with van der Waals surface area (Å²) in [5.74, 6) is 0.212. The molecular formula is C16H15ClO. The number of carbonyl (C=O) groups excluding carboxylic acids is 1. The molecule has 0 heterocycles. The highest BCUT2D eigenvalue weighted by Crippen LogP contribution is 2.22. The summed E-state index contributed by atoms with van der Waals surface area (Å²) in [6.45, 7) is 3.82. The Balaban J connectivity index is 2.27. The molecule has 0 fully saturated rings. The van der Waals surface area contributed by atoms with Crippen LogP contribution in [0, 0.1) is 5.92 Å². The third-order valence-electron chi connectivity index (χ3n) is 2.87. The predicted molar refractivity (Wildman–Crippen MR) is 76.1 cm³/mol. The second kappa shape index (κ2) is 5.36. The summed E-state index contributed by atoms with van der Waals surface area (Å²) in [6, 6.07) is 15.4. The molecular weight excluding hydrogens is 244 g/mol. The van der Waals surface area contributed by atoms with Crippen LogP contribution in [0.1, 0.15) is 24.2 Å². The molecule has 0 aromatic heterocycles. The smallest absolute Gasteiger partial charge is 0.165 e. The van der Waals surface area contributed by atoms with Gasteiger partial charge in [0, 0.05) is 16.5 Å². The molecule has 0 saturated heterocycles. The molecule has 0 aliphatic rings. The third-order valence-corrected chi connectivity index (χ3v) is 3.12. The predicted octanol–water partition coefficient (Wildman–Crippen LogP) is 4.85. The van der Waals surface area contributed by atoms with Crippen molar-refractivity contribution in [3.63, 3.8) is 0 Å².